The summed E-state index contributed by atoms with van der Waals surface area (Å²) in [6.07, 6.45) is 4.22. The molecule has 0 spiro atoms. The first-order valence-electron chi connectivity index (χ1n) is 8.90. The zero-order chi connectivity index (χ0) is 18.8. The standard InChI is InChI=1S/C18H25N5O3/c1-11(2)23-16(26-4)10-14(21-23)19-20-17-13(12-7-5-6-8-12)9-15(24)22(3)18(17)25/h9-12,25H,5-8H2,1-4H3. The highest BCUT2D eigenvalue weighted by atomic mass is 16.5. The van der Waals surface area contributed by atoms with E-state index in [0.717, 1.165) is 31.2 Å². The lowest BCUT2D eigenvalue weighted by Crippen LogP contribution is -2.17. The van der Waals surface area contributed by atoms with Crippen molar-refractivity contribution < 1.29 is 9.84 Å². The topological polar surface area (TPSA) is 94.0 Å². The number of ether oxygens (including phenoxy) is 1. The minimum Gasteiger partial charge on any atom is -0.493 e. The molecule has 1 aliphatic rings. The highest BCUT2D eigenvalue weighted by molar-refractivity contribution is 5.55. The molecule has 8 nitrogen and oxygen atoms in total. The van der Waals surface area contributed by atoms with Crippen molar-refractivity contribution >= 4 is 11.5 Å². The molecule has 140 valence electrons. The smallest absolute Gasteiger partial charge is 0.253 e. The first-order valence-corrected chi connectivity index (χ1v) is 8.90. The average Bonchev–Trinajstić information content (AvgIpc) is 3.28. The van der Waals surface area contributed by atoms with Gasteiger partial charge in [0, 0.05) is 19.2 Å². The van der Waals surface area contributed by atoms with E-state index < -0.39 is 0 Å². The summed E-state index contributed by atoms with van der Waals surface area (Å²) in [6, 6.07) is 3.38. The minimum atomic E-state index is -0.242. The van der Waals surface area contributed by atoms with Gasteiger partial charge in [-0.05, 0) is 38.2 Å². The number of pyridine rings is 1. The summed E-state index contributed by atoms with van der Waals surface area (Å²) < 4.78 is 8.20. The van der Waals surface area contributed by atoms with Gasteiger partial charge in [0.05, 0.1) is 13.2 Å². The van der Waals surface area contributed by atoms with Gasteiger partial charge in [0.2, 0.25) is 11.8 Å². The summed E-state index contributed by atoms with van der Waals surface area (Å²) >= 11 is 0. The first-order chi connectivity index (χ1) is 12.4. The molecule has 0 aromatic carbocycles. The zero-order valence-corrected chi connectivity index (χ0v) is 15.6. The third kappa shape index (κ3) is 3.36. The molecule has 0 saturated heterocycles. The van der Waals surface area contributed by atoms with E-state index in [1.807, 2.05) is 13.8 Å². The van der Waals surface area contributed by atoms with Crippen LogP contribution in [0.25, 0.3) is 0 Å². The van der Waals surface area contributed by atoms with Gasteiger partial charge < -0.3 is 9.84 Å². The zero-order valence-electron chi connectivity index (χ0n) is 15.6. The molecule has 2 heterocycles. The number of nitrogens with zero attached hydrogens (tertiary/aromatic N) is 5. The molecular weight excluding hydrogens is 334 g/mol. The van der Waals surface area contributed by atoms with Gasteiger partial charge in [-0.15, -0.1) is 15.3 Å². The van der Waals surface area contributed by atoms with Crippen LogP contribution >= 0.6 is 0 Å². The lowest BCUT2D eigenvalue weighted by Gasteiger charge is -2.14. The first kappa shape index (κ1) is 18.2. The lowest BCUT2D eigenvalue weighted by atomic mass is 9.97. The maximum Gasteiger partial charge on any atom is 0.253 e. The Hall–Kier alpha value is -2.64. The number of aromatic hydroxyl groups is 1. The summed E-state index contributed by atoms with van der Waals surface area (Å²) in [7, 11) is 3.10. The highest BCUT2D eigenvalue weighted by Crippen LogP contribution is 2.42. The van der Waals surface area contributed by atoms with Crippen LogP contribution in [0.2, 0.25) is 0 Å². The largest absolute Gasteiger partial charge is 0.493 e. The minimum absolute atomic E-state index is 0.119. The molecule has 0 radical (unpaired) electrons. The third-order valence-electron chi connectivity index (χ3n) is 4.85. The molecule has 2 aromatic rings. The molecule has 1 N–H and O–H groups in total. The Morgan fingerprint density at radius 2 is 1.96 bits per heavy atom. The van der Waals surface area contributed by atoms with E-state index in [9.17, 15) is 9.90 Å². The van der Waals surface area contributed by atoms with Crippen LogP contribution in [0.4, 0.5) is 11.5 Å². The monoisotopic (exact) mass is 359 g/mol. The van der Waals surface area contributed by atoms with Crippen molar-refractivity contribution in [3.8, 4) is 11.8 Å². The Bertz CT molecular complexity index is 876. The SMILES string of the molecule is COc1cc(N=Nc2c(C3CCCC3)cc(=O)n(C)c2O)nn1C(C)C. The molecule has 1 aliphatic carbocycles. The van der Waals surface area contributed by atoms with Crippen molar-refractivity contribution in [2.24, 2.45) is 17.3 Å². The Labute approximate surface area is 152 Å². The number of rotatable bonds is 5. The predicted molar refractivity (Wildman–Crippen MR) is 97.9 cm³/mol. The van der Waals surface area contributed by atoms with E-state index in [0.29, 0.717) is 17.4 Å². The number of hydrogen-bond donors (Lipinski definition) is 1. The van der Waals surface area contributed by atoms with E-state index in [1.165, 1.54) is 11.6 Å². The highest BCUT2D eigenvalue weighted by Gasteiger charge is 2.24. The second-order valence-corrected chi connectivity index (χ2v) is 6.93. The summed E-state index contributed by atoms with van der Waals surface area (Å²) in [4.78, 5) is 12.1. The van der Waals surface area contributed by atoms with Gasteiger partial charge in [-0.25, -0.2) is 4.68 Å². The summed E-state index contributed by atoms with van der Waals surface area (Å²) in [5, 5.41) is 23.3. The molecule has 1 fully saturated rings. The number of aromatic nitrogens is 3. The van der Waals surface area contributed by atoms with Crippen molar-refractivity contribution in [1.29, 1.82) is 0 Å². The van der Waals surface area contributed by atoms with E-state index in [1.54, 1.807) is 23.9 Å². The molecule has 1 saturated carbocycles. The summed E-state index contributed by atoms with van der Waals surface area (Å²) in [5.41, 5.74) is 0.869. The molecule has 0 aliphatic heterocycles. The van der Waals surface area contributed by atoms with Gasteiger partial charge in [0.1, 0.15) is 5.69 Å². The molecule has 2 aromatic heterocycles. The molecule has 0 amide bonds. The quantitative estimate of drug-likeness (QED) is 0.818. The Kier molecular flexibility index (Phi) is 5.11. The fraction of sp³-hybridized carbons (Fsp3) is 0.556. The van der Waals surface area contributed by atoms with Crippen LogP contribution in [0.15, 0.2) is 27.2 Å². The van der Waals surface area contributed by atoms with Crippen LogP contribution in [-0.4, -0.2) is 26.6 Å². The van der Waals surface area contributed by atoms with Crippen LogP contribution in [0.3, 0.4) is 0 Å². The second-order valence-electron chi connectivity index (χ2n) is 6.93. The van der Waals surface area contributed by atoms with Crippen molar-refractivity contribution in [3.05, 3.63) is 28.0 Å². The van der Waals surface area contributed by atoms with Gasteiger partial charge in [0.25, 0.3) is 5.56 Å². The second kappa shape index (κ2) is 7.31. The van der Waals surface area contributed by atoms with Crippen LogP contribution in [0.5, 0.6) is 11.8 Å². The van der Waals surface area contributed by atoms with Gasteiger partial charge >= 0.3 is 0 Å². The number of azo groups is 1. The van der Waals surface area contributed by atoms with E-state index in [4.69, 9.17) is 4.74 Å². The van der Waals surface area contributed by atoms with Crippen molar-refractivity contribution in [2.75, 3.05) is 7.11 Å². The van der Waals surface area contributed by atoms with Crippen LogP contribution < -0.4 is 10.3 Å². The molecule has 8 heteroatoms. The molecule has 26 heavy (non-hydrogen) atoms. The van der Waals surface area contributed by atoms with Gasteiger partial charge in [-0.3, -0.25) is 9.36 Å². The van der Waals surface area contributed by atoms with Crippen molar-refractivity contribution in [2.45, 2.75) is 51.5 Å². The molecular formula is C18H25N5O3. The van der Waals surface area contributed by atoms with Gasteiger partial charge in [0.15, 0.2) is 5.82 Å². The van der Waals surface area contributed by atoms with Crippen molar-refractivity contribution in [1.82, 2.24) is 14.3 Å². The van der Waals surface area contributed by atoms with E-state index in [2.05, 4.69) is 15.3 Å². The third-order valence-corrected chi connectivity index (χ3v) is 4.85. The maximum absolute atomic E-state index is 12.1. The average molecular weight is 359 g/mol. The van der Waals surface area contributed by atoms with E-state index >= 15 is 0 Å². The van der Waals surface area contributed by atoms with Gasteiger partial charge in [-0.2, -0.15) is 0 Å². The lowest BCUT2D eigenvalue weighted by molar-refractivity contribution is 0.345. The van der Waals surface area contributed by atoms with Crippen LogP contribution in [-0.2, 0) is 7.05 Å². The van der Waals surface area contributed by atoms with Crippen LogP contribution in [0, 0.1) is 0 Å². The Balaban J connectivity index is 2.02. The van der Waals surface area contributed by atoms with E-state index in [-0.39, 0.29) is 23.4 Å². The molecule has 3 rings (SSSR count). The summed E-state index contributed by atoms with van der Waals surface area (Å²) in [6.45, 7) is 3.99. The molecule has 0 unspecified atom stereocenters. The fourth-order valence-corrected chi connectivity index (χ4v) is 3.38. The number of hydrogen-bond acceptors (Lipinski definition) is 6. The Morgan fingerprint density at radius 3 is 2.54 bits per heavy atom. The predicted octanol–water partition coefficient (Wildman–Crippen LogP) is 3.95. The van der Waals surface area contributed by atoms with Crippen molar-refractivity contribution in [3.63, 3.8) is 0 Å². The van der Waals surface area contributed by atoms with Crippen LogP contribution in [0.1, 0.15) is 57.1 Å². The normalized spacial score (nSPS) is 15.4. The number of methoxy groups -OCH3 is 1. The Morgan fingerprint density at radius 1 is 1.27 bits per heavy atom. The molecule has 0 bridgehead atoms. The molecule has 0 atom stereocenters. The fourth-order valence-electron chi connectivity index (χ4n) is 3.38. The van der Waals surface area contributed by atoms with Gasteiger partial charge in [-0.1, -0.05) is 12.8 Å². The maximum atomic E-state index is 12.1. The summed E-state index contributed by atoms with van der Waals surface area (Å²) in [5.74, 6) is 1.04.